The zero-order valence-electron chi connectivity index (χ0n) is 25.7. The van der Waals surface area contributed by atoms with Gasteiger partial charge in [0.1, 0.15) is 12.6 Å². The molecule has 0 heterocycles. The van der Waals surface area contributed by atoms with Crippen LogP contribution >= 0.6 is 0 Å². The van der Waals surface area contributed by atoms with Crippen molar-refractivity contribution in [2.45, 2.75) is 187 Å². The van der Waals surface area contributed by atoms with Crippen molar-refractivity contribution in [3.05, 3.63) is 0 Å². The standard InChI is InChI=1S/C33H63NO5/c1-3-5-7-9-11-12-13-14-15-16-18-24-28-33(38)39-30(25-21-17-10-8-6-4-2)26-22-19-20-23-27-31(35)34-29-32(36)37/h30H,3-29H2,1-2H3,(H,34,35)(H,36,37). The third-order valence-corrected chi connectivity index (χ3v) is 7.53. The molecule has 0 aromatic carbocycles. The van der Waals surface area contributed by atoms with Gasteiger partial charge < -0.3 is 15.2 Å². The molecule has 2 N–H and O–H groups in total. The second-order valence-corrected chi connectivity index (χ2v) is 11.4. The molecule has 0 fully saturated rings. The van der Waals surface area contributed by atoms with E-state index in [4.69, 9.17) is 9.84 Å². The largest absolute Gasteiger partial charge is 0.480 e. The third kappa shape index (κ3) is 29.2. The number of aliphatic carboxylic acids is 1. The maximum atomic E-state index is 12.5. The van der Waals surface area contributed by atoms with Gasteiger partial charge >= 0.3 is 11.9 Å². The fourth-order valence-electron chi connectivity index (χ4n) is 5.04. The topological polar surface area (TPSA) is 92.7 Å². The summed E-state index contributed by atoms with van der Waals surface area (Å²) in [7, 11) is 0. The first-order valence-electron chi connectivity index (χ1n) is 16.7. The molecule has 0 rings (SSSR count). The Morgan fingerprint density at radius 1 is 0.564 bits per heavy atom. The van der Waals surface area contributed by atoms with E-state index in [2.05, 4.69) is 19.2 Å². The Morgan fingerprint density at radius 3 is 1.38 bits per heavy atom. The van der Waals surface area contributed by atoms with E-state index in [1.54, 1.807) is 0 Å². The number of ether oxygens (including phenoxy) is 1. The van der Waals surface area contributed by atoms with Gasteiger partial charge in [0.25, 0.3) is 0 Å². The molecular formula is C33H63NO5. The number of carbonyl (C=O) groups is 3. The maximum Gasteiger partial charge on any atom is 0.322 e. The number of carbonyl (C=O) groups excluding carboxylic acids is 2. The smallest absolute Gasteiger partial charge is 0.322 e. The molecule has 6 nitrogen and oxygen atoms in total. The lowest BCUT2D eigenvalue weighted by molar-refractivity contribution is -0.150. The first-order valence-corrected chi connectivity index (χ1v) is 16.7. The van der Waals surface area contributed by atoms with Gasteiger partial charge in [-0.3, -0.25) is 14.4 Å². The van der Waals surface area contributed by atoms with E-state index >= 15 is 0 Å². The molecule has 0 bridgehead atoms. The van der Waals surface area contributed by atoms with Gasteiger partial charge in [0.2, 0.25) is 5.91 Å². The van der Waals surface area contributed by atoms with Crippen LogP contribution in [0.2, 0.25) is 0 Å². The zero-order valence-corrected chi connectivity index (χ0v) is 25.7. The Hall–Kier alpha value is -1.59. The van der Waals surface area contributed by atoms with Gasteiger partial charge in [-0.2, -0.15) is 0 Å². The summed E-state index contributed by atoms with van der Waals surface area (Å²) in [5, 5.41) is 11.0. The van der Waals surface area contributed by atoms with Crippen LogP contribution in [-0.4, -0.2) is 35.6 Å². The average molecular weight is 554 g/mol. The number of amides is 1. The average Bonchev–Trinajstić information content (AvgIpc) is 2.91. The molecule has 1 unspecified atom stereocenters. The molecule has 0 saturated carbocycles. The summed E-state index contributed by atoms with van der Waals surface area (Å²) in [6, 6.07) is 0. The quantitative estimate of drug-likeness (QED) is 0.0683. The van der Waals surface area contributed by atoms with Crippen LogP contribution < -0.4 is 5.32 Å². The number of esters is 1. The van der Waals surface area contributed by atoms with Crippen molar-refractivity contribution in [1.82, 2.24) is 5.32 Å². The van der Waals surface area contributed by atoms with Crippen LogP contribution in [0.1, 0.15) is 181 Å². The Balaban J connectivity index is 4.03. The molecule has 0 aliphatic rings. The summed E-state index contributed by atoms with van der Waals surface area (Å²) in [5.41, 5.74) is 0. The molecule has 0 saturated heterocycles. The minimum absolute atomic E-state index is 0.0138. The molecule has 1 atom stereocenters. The van der Waals surface area contributed by atoms with Gasteiger partial charge in [-0.25, -0.2) is 0 Å². The van der Waals surface area contributed by atoms with Crippen molar-refractivity contribution in [2.24, 2.45) is 0 Å². The molecular weight excluding hydrogens is 490 g/mol. The molecule has 0 aromatic heterocycles. The lowest BCUT2D eigenvalue weighted by Crippen LogP contribution is -2.28. The van der Waals surface area contributed by atoms with Crippen LogP contribution in [0, 0.1) is 0 Å². The first kappa shape index (κ1) is 37.4. The summed E-state index contributed by atoms with van der Waals surface area (Å²) in [5.74, 6) is -1.26. The number of rotatable bonds is 30. The summed E-state index contributed by atoms with van der Waals surface area (Å²) in [6.45, 7) is 4.18. The first-order chi connectivity index (χ1) is 19.0. The van der Waals surface area contributed by atoms with Gasteiger partial charge in [0, 0.05) is 12.8 Å². The van der Waals surface area contributed by atoms with Crippen molar-refractivity contribution in [3.8, 4) is 0 Å². The summed E-state index contributed by atoms with van der Waals surface area (Å²) < 4.78 is 5.92. The number of unbranched alkanes of at least 4 members (excludes halogenated alkanes) is 19. The highest BCUT2D eigenvalue weighted by molar-refractivity contribution is 5.80. The van der Waals surface area contributed by atoms with E-state index in [9.17, 15) is 14.4 Å². The van der Waals surface area contributed by atoms with E-state index in [0.717, 1.165) is 57.8 Å². The van der Waals surface area contributed by atoms with Gasteiger partial charge in [0.15, 0.2) is 0 Å². The van der Waals surface area contributed by atoms with Gasteiger partial charge in [-0.05, 0) is 38.5 Å². The van der Waals surface area contributed by atoms with Crippen LogP contribution in [0.3, 0.4) is 0 Å². The van der Waals surface area contributed by atoms with E-state index < -0.39 is 5.97 Å². The van der Waals surface area contributed by atoms with Gasteiger partial charge in [0.05, 0.1) is 0 Å². The highest BCUT2D eigenvalue weighted by Crippen LogP contribution is 2.18. The Bertz CT molecular complexity index is 580. The van der Waals surface area contributed by atoms with Crippen molar-refractivity contribution in [2.75, 3.05) is 6.54 Å². The van der Waals surface area contributed by atoms with Crippen LogP contribution in [0.5, 0.6) is 0 Å². The maximum absolute atomic E-state index is 12.5. The predicted molar refractivity (Wildman–Crippen MR) is 162 cm³/mol. The Morgan fingerprint density at radius 2 is 0.949 bits per heavy atom. The van der Waals surface area contributed by atoms with Gasteiger partial charge in [-0.1, -0.05) is 129 Å². The Labute approximate surface area is 240 Å². The number of carboxylic acids is 1. The molecule has 6 heteroatoms. The second-order valence-electron chi connectivity index (χ2n) is 11.4. The lowest BCUT2D eigenvalue weighted by Gasteiger charge is -2.18. The van der Waals surface area contributed by atoms with E-state index in [1.165, 1.54) is 96.3 Å². The summed E-state index contributed by atoms with van der Waals surface area (Å²) in [6.07, 6.45) is 29.3. The summed E-state index contributed by atoms with van der Waals surface area (Å²) in [4.78, 5) is 34.7. The molecule has 0 aliphatic carbocycles. The molecule has 0 spiro atoms. The number of nitrogens with one attached hydrogen (secondary N) is 1. The third-order valence-electron chi connectivity index (χ3n) is 7.53. The van der Waals surface area contributed by atoms with Crippen molar-refractivity contribution >= 4 is 17.8 Å². The predicted octanol–water partition coefficient (Wildman–Crippen LogP) is 9.28. The van der Waals surface area contributed by atoms with Crippen LogP contribution in [0.15, 0.2) is 0 Å². The molecule has 0 aliphatic heterocycles. The van der Waals surface area contributed by atoms with Crippen molar-refractivity contribution in [1.29, 1.82) is 0 Å². The molecule has 1 amide bonds. The normalized spacial score (nSPS) is 11.8. The minimum Gasteiger partial charge on any atom is -0.480 e. The van der Waals surface area contributed by atoms with Crippen LogP contribution in [0.4, 0.5) is 0 Å². The van der Waals surface area contributed by atoms with Crippen LogP contribution in [-0.2, 0) is 19.1 Å². The van der Waals surface area contributed by atoms with Gasteiger partial charge in [-0.15, -0.1) is 0 Å². The monoisotopic (exact) mass is 553 g/mol. The molecule has 0 aromatic rings. The van der Waals surface area contributed by atoms with Crippen LogP contribution in [0.25, 0.3) is 0 Å². The second kappa shape index (κ2) is 29.4. The van der Waals surface area contributed by atoms with E-state index in [-0.39, 0.29) is 24.5 Å². The molecule has 0 radical (unpaired) electrons. The highest BCUT2D eigenvalue weighted by atomic mass is 16.5. The lowest BCUT2D eigenvalue weighted by atomic mass is 10.0. The highest BCUT2D eigenvalue weighted by Gasteiger charge is 2.14. The Kier molecular flexibility index (Phi) is 28.2. The SMILES string of the molecule is CCCCCCCCCCCCCCC(=O)OC(CCCCCCCC)CCCCCCC(=O)NCC(=O)O. The summed E-state index contributed by atoms with van der Waals surface area (Å²) >= 11 is 0. The number of hydrogen-bond acceptors (Lipinski definition) is 4. The van der Waals surface area contributed by atoms with E-state index in [0.29, 0.717) is 12.8 Å². The van der Waals surface area contributed by atoms with E-state index in [1.807, 2.05) is 0 Å². The fraction of sp³-hybridized carbons (Fsp3) is 0.909. The number of hydrogen-bond donors (Lipinski definition) is 2. The van der Waals surface area contributed by atoms with Crippen molar-refractivity contribution in [3.63, 3.8) is 0 Å². The fourth-order valence-corrected chi connectivity index (χ4v) is 5.04. The van der Waals surface area contributed by atoms with Crippen molar-refractivity contribution < 1.29 is 24.2 Å². The molecule has 230 valence electrons. The number of carboxylic acid groups (broad SMARTS) is 1. The zero-order chi connectivity index (χ0) is 28.8. The molecule has 39 heavy (non-hydrogen) atoms. The minimum atomic E-state index is -1.02.